The molecule has 0 fully saturated rings. The van der Waals surface area contributed by atoms with Crippen LogP contribution in [0.25, 0.3) is 21.3 Å². The Labute approximate surface area is 156 Å². The second kappa shape index (κ2) is 6.81. The van der Waals surface area contributed by atoms with E-state index in [0.717, 1.165) is 5.52 Å². The number of hydrogen-bond donors (Lipinski definition) is 0. The van der Waals surface area contributed by atoms with E-state index >= 15 is 0 Å². The average molecular weight is 383 g/mol. The minimum atomic E-state index is -0.614. The highest BCUT2D eigenvalue weighted by molar-refractivity contribution is 7.16. The second-order valence-corrected chi connectivity index (χ2v) is 6.83. The van der Waals surface area contributed by atoms with Crippen LogP contribution >= 0.6 is 11.3 Å². The minimum Gasteiger partial charge on any atom is -0.408 e. The Bertz CT molecular complexity index is 1310. The van der Waals surface area contributed by atoms with E-state index in [2.05, 4.69) is 11.6 Å². The molecule has 0 bridgehead atoms. The summed E-state index contributed by atoms with van der Waals surface area (Å²) in [7, 11) is 0. The maximum Gasteiger partial charge on any atom is 0.420 e. The van der Waals surface area contributed by atoms with Crippen LogP contribution in [0.15, 0.2) is 69.3 Å². The van der Waals surface area contributed by atoms with E-state index in [1.165, 1.54) is 28.0 Å². The lowest BCUT2D eigenvalue weighted by Crippen LogP contribution is -2.22. The number of carbonyl (C=O) groups is 1. The number of fused-ring (bicyclic) bond motifs is 2. The molecule has 2 aromatic carbocycles. The lowest BCUT2D eigenvalue weighted by Gasteiger charge is -2.01. The summed E-state index contributed by atoms with van der Waals surface area (Å²) in [5, 5.41) is 0. The zero-order valence-corrected chi connectivity index (χ0v) is 14.9. The van der Waals surface area contributed by atoms with Gasteiger partial charge in [0.25, 0.3) is 5.91 Å². The molecular weight excluding hydrogens is 369 g/mol. The Morgan fingerprint density at radius 2 is 2.04 bits per heavy atom. The summed E-state index contributed by atoms with van der Waals surface area (Å²) in [4.78, 5) is 29.1. The molecule has 2 heterocycles. The van der Waals surface area contributed by atoms with Gasteiger partial charge in [0.05, 0.1) is 15.7 Å². The number of hydrogen-bond acceptors (Lipinski definition) is 4. The predicted octanol–water partition coefficient (Wildman–Crippen LogP) is 3.06. The molecular formula is C19H14FN3O3S. The molecule has 0 unspecified atom stereocenters. The third-order valence-electron chi connectivity index (χ3n) is 4.04. The molecule has 136 valence electrons. The number of amides is 1. The number of thiazole rings is 1. The molecule has 0 saturated carbocycles. The summed E-state index contributed by atoms with van der Waals surface area (Å²) in [5.74, 6) is -1.48. The van der Waals surface area contributed by atoms with Crippen LogP contribution in [0.3, 0.4) is 0 Å². The Kier molecular flexibility index (Phi) is 4.33. The van der Waals surface area contributed by atoms with Gasteiger partial charge in [-0.2, -0.15) is 4.99 Å². The fraction of sp³-hybridized carbons (Fsp3) is 0.105. The Morgan fingerprint density at radius 3 is 2.85 bits per heavy atom. The van der Waals surface area contributed by atoms with Crippen molar-refractivity contribution < 1.29 is 13.6 Å². The maximum absolute atomic E-state index is 13.5. The Morgan fingerprint density at radius 1 is 1.22 bits per heavy atom. The third-order valence-corrected chi connectivity index (χ3v) is 5.09. The standard InChI is InChI=1S/C19H14FN3O3S/c1-2-9-22-14-8-7-12(20)10-16(14)27-18(22)21-17(24)11-23-13-5-3-4-6-15(13)26-19(23)25/h2-8,10H,1,9,11H2. The van der Waals surface area contributed by atoms with Crippen LogP contribution < -0.4 is 10.6 Å². The number of rotatable bonds is 4. The van der Waals surface area contributed by atoms with Crippen molar-refractivity contribution in [3.63, 3.8) is 0 Å². The molecule has 0 saturated heterocycles. The molecule has 2 aromatic heterocycles. The summed E-state index contributed by atoms with van der Waals surface area (Å²) >= 11 is 1.20. The van der Waals surface area contributed by atoms with Crippen molar-refractivity contribution in [2.45, 2.75) is 13.1 Å². The first-order valence-corrected chi connectivity index (χ1v) is 8.94. The van der Waals surface area contributed by atoms with Gasteiger partial charge in [-0.3, -0.25) is 9.36 Å². The van der Waals surface area contributed by atoms with Crippen molar-refractivity contribution in [2.75, 3.05) is 0 Å². The van der Waals surface area contributed by atoms with E-state index < -0.39 is 11.7 Å². The van der Waals surface area contributed by atoms with Gasteiger partial charge in [-0.05, 0) is 30.3 Å². The quantitative estimate of drug-likeness (QED) is 0.509. The first-order valence-electron chi connectivity index (χ1n) is 8.12. The van der Waals surface area contributed by atoms with E-state index in [1.54, 1.807) is 41.0 Å². The van der Waals surface area contributed by atoms with E-state index in [0.29, 0.717) is 27.1 Å². The van der Waals surface area contributed by atoms with Crippen molar-refractivity contribution in [3.8, 4) is 0 Å². The van der Waals surface area contributed by atoms with E-state index in [9.17, 15) is 14.0 Å². The van der Waals surface area contributed by atoms with Gasteiger partial charge < -0.3 is 8.98 Å². The lowest BCUT2D eigenvalue weighted by molar-refractivity contribution is -0.118. The molecule has 0 aliphatic rings. The Hall–Kier alpha value is -3.26. The van der Waals surface area contributed by atoms with Crippen LogP contribution in [0.1, 0.15) is 0 Å². The van der Waals surface area contributed by atoms with E-state index in [1.807, 2.05) is 0 Å². The smallest absolute Gasteiger partial charge is 0.408 e. The zero-order valence-electron chi connectivity index (χ0n) is 14.1. The molecule has 0 aliphatic heterocycles. The summed E-state index contributed by atoms with van der Waals surface area (Å²) in [6.45, 7) is 3.89. The third kappa shape index (κ3) is 3.15. The maximum atomic E-state index is 13.5. The fourth-order valence-corrected chi connectivity index (χ4v) is 3.96. The van der Waals surface area contributed by atoms with Crippen molar-refractivity contribution in [3.05, 3.63) is 76.3 Å². The first-order chi connectivity index (χ1) is 13.1. The van der Waals surface area contributed by atoms with Crippen molar-refractivity contribution >= 4 is 38.6 Å². The molecule has 27 heavy (non-hydrogen) atoms. The largest absolute Gasteiger partial charge is 0.420 e. The van der Waals surface area contributed by atoms with Gasteiger partial charge in [-0.1, -0.05) is 29.5 Å². The second-order valence-electron chi connectivity index (χ2n) is 5.82. The van der Waals surface area contributed by atoms with Crippen LogP contribution in [-0.2, 0) is 17.9 Å². The highest BCUT2D eigenvalue weighted by Crippen LogP contribution is 2.19. The topological polar surface area (TPSA) is 69.5 Å². The number of nitrogens with zero attached hydrogens (tertiary/aromatic N) is 3. The molecule has 4 aromatic rings. The number of allylic oxidation sites excluding steroid dienone is 1. The van der Waals surface area contributed by atoms with Crippen LogP contribution in [0, 0.1) is 5.82 Å². The monoisotopic (exact) mass is 383 g/mol. The van der Waals surface area contributed by atoms with Crippen LogP contribution in [0.5, 0.6) is 0 Å². The normalized spacial score (nSPS) is 12.1. The molecule has 8 heteroatoms. The van der Waals surface area contributed by atoms with Gasteiger partial charge in [-0.25, -0.2) is 9.18 Å². The summed E-state index contributed by atoms with van der Waals surface area (Å²) < 4.78 is 22.3. The summed E-state index contributed by atoms with van der Waals surface area (Å²) in [6, 6.07) is 11.3. The van der Waals surface area contributed by atoms with Gasteiger partial charge in [-0.15, -0.1) is 6.58 Å². The van der Waals surface area contributed by atoms with Gasteiger partial charge in [0.2, 0.25) is 0 Å². The minimum absolute atomic E-state index is 0.244. The number of oxazole rings is 1. The lowest BCUT2D eigenvalue weighted by atomic mass is 10.3. The summed E-state index contributed by atoms with van der Waals surface area (Å²) in [5.41, 5.74) is 1.71. The SMILES string of the molecule is C=CCn1c(=NC(=O)Cn2c(=O)oc3ccccc32)sc2cc(F)ccc21. The molecule has 6 nitrogen and oxygen atoms in total. The van der Waals surface area contributed by atoms with Crippen LogP contribution in [-0.4, -0.2) is 15.0 Å². The molecule has 0 aliphatic carbocycles. The van der Waals surface area contributed by atoms with Gasteiger partial charge in [0.15, 0.2) is 10.4 Å². The molecule has 0 N–H and O–H groups in total. The molecule has 0 radical (unpaired) electrons. The van der Waals surface area contributed by atoms with Crippen LogP contribution in [0.4, 0.5) is 4.39 Å². The zero-order chi connectivity index (χ0) is 19.0. The fourth-order valence-electron chi connectivity index (χ4n) is 2.88. The van der Waals surface area contributed by atoms with Crippen molar-refractivity contribution in [2.24, 2.45) is 4.99 Å². The number of para-hydroxylation sites is 2. The average Bonchev–Trinajstić information content (AvgIpc) is 3.13. The molecule has 4 rings (SSSR count). The predicted molar refractivity (Wildman–Crippen MR) is 101 cm³/mol. The van der Waals surface area contributed by atoms with E-state index in [-0.39, 0.29) is 12.4 Å². The number of benzene rings is 2. The summed E-state index contributed by atoms with van der Waals surface area (Å²) in [6.07, 6.45) is 1.67. The number of carbonyl (C=O) groups excluding carboxylic acids is 1. The highest BCUT2D eigenvalue weighted by Gasteiger charge is 2.13. The van der Waals surface area contributed by atoms with E-state index in [4.69, 9.17) is 4.42 Å². The number of halogens is 1. The number of aromatic nitrogens is 2. The van der Waals surface area contributed by atoms with Gasteiger partial charge >= 0.3 is 5.76 Å². The van der Waals surface area contributed by atoms with Crippen LogP contribution in [0.2, 0.25) is 0 Å². The van der Waals surface area contributed by atoms with Gasteiger partial charge in [0, 0.05) is 6.54 Å². The van der Waals surface area contributed by atoms with Crippen molar-refractivity contribution in [1.29, 1.82) is 0 Å². The molecule has 0 spiro atoms. The van der Waals surface area contributed by atoms with Gasteiger partial charge in [0.1, 0.15) is 12.4 Å². The molecule has 1 amide bonds. The first kappa shape index (κ1) is 17.2. The van der Waals surface area contributed by atoms with Crippen molar-refractivity contribution in [1.82, 2.24) is 9.13 Å². The highest BCUT2D eigenvalue weighted by atomic mass is 32.1. The molecule has 0 atom stereocenters. The Balaban J connectivity index is 1.77.